The van der Waals surface area contributed by atoms with E-state index in [-0.39, 0.29) is 0 Å². The number of carbonyl (C=O) groups excluding carboxylic acids is 1. The summed E-state index contributed by atoms with van der Waals surface area (Å²) < 4.78 is 41.1. The standard InChI is InChI=1S/C19H16ClF3N4O2/c1-11-17(12(2)27(25-11)14-6-4-3-5-7-14)24-16(28)10-26-9-13(19(21,22)23)8-15(20)18(26)29/h3-9H,10H2,1-2H3,(H,24,28). The third-order valence-corrected chi connectivity index (χ3v) is 4.51. The molecule has 0 fully saturated rings. The second-order valence-electron chi connectivity index (χ2n) is 6.35. The summed E-state index contributed by atoms with van der Waals surface area (Å²) in [5.74, 6) is -0.679. The highest BCUT2D eigenvalue weighted by atomic mass is 35.5. The number of benzene rings is 1. The Labute approximate surface area is 168 Å². The van der Waals surface area contributed by atoms with Gasteiger partial charge in [-0.25, -0.2) is 4.68 Å². The Morgan fingerprint density at radius 2 is 1.86 bits per heavy atom. The van der Waals surface area contributed by atoms with Gasteiger partial charge in [0.05, 0.1) is 28.3 Å². The van der Waals surface area contributed by atoms with Crippen LogP contribution in [0.3, 0.4) is 0 Å². The van der Waals surface area contributed by atoms with Gasteiger partial charge in [-0.05, 0) is 32.0 Å². The van der Waals surface area contributed by atoms with Crippen LogP contribution in [0.1, 0.15) is 17.0 Å². The maximum absolute atomic E-state index is 12.9. The van der Waals surface area contributed by atoms with Gasteiger partial charge in [-0.15, -0.1) is 0 Å². The van der Waals surface area contributed by atoms with Gasteiger partial charge >= 0.3 is 6.18 Å². The van der Waals surface area contributed by atoms with Gasteiger partial charge < -0.3 is 9.88 Å². The molecular weight excluding hydrogens is 409 g/mol. The van der Waals surface area contributed by atoms with E-state index in [4.69, 9.17) is 11.6 Å². The lowest BCUT2D eigenvalue weighted by molar-refractivity contribution is -0.138. The Hall–Kier alpha value is -3.07. The Kier molecular flexibility index (Phi) is 5.52. The van der Waals surface area contributed by atoms with Gasteiger partial charge in [0.15, 0.2) is 0 Å². The molecule has 1 N–H and O–H groups in total. The van der Waals surface area contributed by atoms with Gasteiger partial charge in [-0.3, -0.25) is 9.59 Å². The molecule has 0 saturated carbocycles. The molecule has 0 spiro atoms. The van der Waals surface area contributed by atoms with Crippen LogP contribution in [-0.4, -0.2) is 20.3 Å². The van der Waals surface area contributed by atoms with Crippen molar-refractivity contribution in [1.29, 1.82) is 0 Å². The van der Waals surface area contributed by atoms with E-state index in [1.807, 2.05) is 30.3 Å². The highest BCUT2D eigenvalue weighted by molar-refractivity contribution is 6.30. The number of amides is 1. The first-order valence-electron chi connectivity index (χ1n) is 8.46. The molecule has 3 rings (SSSR count). The first-order chi connectivity index (χ1) is 13.6. The van der Waals surface area contributed by atoms with E-state index in [2.05, 4.69) is 10.4 Å². The minimum Gasteiger partial charge on any atom is -0.321 e. The fraction of sp³-hybridized carbons (Fsp3) is 0.211. The molecule has 3 aromatic rings. The summed E-state index contributed by atoms with van der Waals surface area (Å²) in [6.07, 6.45) is -4.12. The van der Waals surface area contributed by atoms with Crippen molar-refractivity contribution in [3.63, 3.8) is 0 Å². The Balaban J connectivity index is 1.87. The first kappa shape index (κ1) is 20.7. The Morgan fingerprint density at radius 3 is 2.48 bits per heavy atom. The highest BCUT2D eigenvalue weighted by Crippen LogP contribution is 2.29. The van der Waals surface area contributed by atoms with E-state index < -0.39 is 34.8 Å². The SMILES string of the molecule is Cc1nn(-c2ccccc2)c(C)c1NC(=O)Cn1cc(C(F)(F)F)cc(Cl)c1=O. The van der Waals surface area contributed by atoms with Gasteiger partial charge in [0.25, 0.3) is 5.56 Å². The molecule has 0 atom stereocenters. The lowest BCUT2D eigenvalue weighted by Gasteiger charge is -2.12. The summed E-state index contributed by atoms with van der Waals surface area (Å²) in [6.45, 7) is 2.81. The van der Waals surface area contributed by atoms with Crippen LogP contribution in [0.25, 0.3) is 5.69 Å². The maximum atomic E-state index is 12.9. The van der Waals surface area contributed by atoms with Crippen molar-refractivity contribution in [3.8, 4) is 5.69 Å². The van der Waals surface area contributed by atoms with E-state index in [0.717, 1.165) is 5.69 Å². The summed E-state index contributed by atoms with van der Waals surface area (Å²) >= 11 is 5.61. The van der Waals surface area contributed by atoms with E-state index in [9.17, 15) is 22.8 Å². The molecule has 1 aromatic carbocycles. The summed E-state index contributed by atoms with van der Waals surface area (Å²) in [4.78, 5) is 24.5. The van der Waals surface area contributed by atoms with Gasteiger partial charge in [0.2, 0.25) is 5.91 Å². The minimum atomic E-state index is -4.69. The van der Waals surface area contributed by atoms with Crippen LogP contribution in [0.5, 0.6) is 0 Å². The summed E-state index contributed by atoms with van der Waals surface area (Å²) in [5.41, 5.74) is 0.368. The van der Waals surface area contributed by atoms with E-state index in [1.165, 1.54) is 0 Å². The third-order valence-electron chi connectivity index (χ3n) is 4.24. The molecule has 0 bridgehead atoms. The molecular formula is C19H16ClF3N4O2. The number of para-hydroxylation sites is 1. The number of rotatable bonds is 4. The molecule has 29 heavy (non-hydrogen) atoms. The molecule has 0 aliphatic rings. The second kappa shape index (κ2) is 7.75. The van der Waals surface area contributed by atoms with Crippen LogP contribution in [0.4, 0.5) is 18.9 Å². The molecule has 0 unspecified atom stereocenters. The molecule has 0 aliphatic carbocycles. The number of aromatic nitrogens is 3. The molecule has 1 amide bonds. The molecule has 0 aliphatic heterocycles. The molecule has 0 saturated heterocycles. The van der Waals surface area contributed by atoms with Crippen LogP contribution in [-0.2, 0) is 17.5 Å². The fourth-order valence-electron chi connectivity index (χ4n) is 2.85. The number of pyridine rings is 1. The average molecular weight is 425 g/mol. The van der Waals surface area contributed by atoms with Gasteiger partial charge in [0, 0.05) is 6.20 Å². The van der Waals surface area contributed by atoms with Crippen molar-refractivity contribution < 1.29 is 18.0 Å². The number of nitrogens with one attached hydrogen (secondary N) is 1. The number of halogens is 4. The largest absolute Gasteiger partial charge is 0.417 e. The Bertz CT molecular complexity index is 1120. The summed E-state index contributed by atoms with van der Waals surface area (Å²) in [7, 11) is 0. The third kappa shape index (κ3) is 4.34. The zero-order chi connectivity index (χ0) is 21.3. The van der Waals surface area contributed by atoms with E-state index in [1.54, 1.807) is 18.5 Å². The highest BCUT2D eigenvalue weighted by Gasteiger charge is 2.32. The van der Waals surface area contributed by atoms with Gasteiger partial charge in [-0.1, -0.05) is 29.8 Å². The van der Waals surface area contributed by atoms with Crippen molar-refractivity contribution in [2.24, 2.45) is 0 Å². The van der Waals surface area contributed by atoms with E-state index in [0.29, 0.717) is 33.9 Å². The zero-order valence-corrected chi connectivity index (χ0v) is 16.2. The number of nitrogens with zero attached hydrogens (tertiary/aromatic N) is 3. The Morgan fingerprint density at radius 1 is 1.21 bits per heavy atom. The average Bonchev–Trinajstić information content (AvgIpc) is 2.93. The number of carbonyl (C=O) groups is 1. The van der Waals surface area contributed by atoms with Crippen LogP contribution in [0.15, 0.2) is 47.4 Å². The van der Waals surface area contributed by atoms with Crippen molar-refractivity contribution >= 4 is 23.2 Å². The zero-order valence-electron chi connectivity index (χ0n) is 15.4. The van der Waals surface area contributed by atoms with Crippen LogP contribution >= 0.6 is 11.6 Å². The maximum Gasteiger partial charge on any atom is 0.417 e. The van der Waals surface area contributed by atoms with Crippen molar-refractivity contribution in [2.75, 3.05) is 5.32 Å². The number of anilines is 1. The molecule has 2 heterocycles. The number of hydrogen-bond acceptors (Lipinski definition) is 3. The fourth-order valence-corrected chi connectivity index (χ4v) is 3.08. The predicted octanol–water partition coefficient (Wildman–Crippen LogP) is 3.96. The molecule has 152 valence electrons. The molecule has 6 nitrogen and oxygen atoms in total. The first-order valence-corrected chi connectivity index (χ1v) is 8.84. The number of hydrogen-bond donors (Lipinski definition) is 1. The van der Waals surface area contributed by atoms with Crippen LogP contribution in [0.2, 0.25) is 5.02 Å². The molecule has 2 aromatic heterocycles. The summed E-state index contributed by atoms with van der Waals surface area (Å²) in [5, 5.41) is 6.38. The smallest absolute Gasteiger partial charge is 0.321 e. The molecule has 0 radical (unpaired) electrons. The predicted molar refractivity (Wildman–Crippen MR) is 102 cm³/mol. The van der Waals surface area contributed by atoms with E-state index >= 15 is 0 Å². The van der Waals surface area contributed by atoms with Crippen molar-refractivity contribution in [1.82, 2.24) is 14.3 Å². The second-order valence-corrected chi connectivity index (χ2v) is 6.76. The normalized spacial score (nSPS) is 11.5. The van der Waals surface area contributed by atoms with Crippen molar-refractivity contribution in [2.45, 2.75) is 26.6 Å². The van der Waals surface area contributed by atoms with Crippen LogP contribution in [0, 0.1) is 13.8 Å². The van der Waals surface area contributed by atoms with Crippen LogP contribution < -0.4 is 10.9 Å². The van der Waals surface area contributed by atoms with Gasteiger partial charge in [0.1, 0.15) is 11.6 Å². The topological polar surface area (TPSA) is 68.9 Å². The summed E-state index contributed by atoms with van der Waals surface area (Å²) in [6, 6.07) is 9.76. The quantitative estimate of drug-likeness (QED) is 0.689. The lowest BCUT2D eigenvalue weighted by Crippen LogP contribution is -2.29. The minimum absolute atomic E-state index is 0.421. The van der Waals surface area contributed by atoms with Gasteiger partial charge in [-0.2, -0.15) is 18.3 Å². The number of alkyl halides is 3. The molecule has 10 heteroatoms. The van der Waals surface area contributed by atoms with Crippen molar-refractivity contribution in [3.05, 3.63) is 74.9 Å². The number of aryl methyl sites for hydroxylation is 1. The lowest BCUT2D eigenvalue weighted by atomic mass is 10.2. The monoisotopic (exact) mass is 424 g/mol.